The lowest BCUT2D eigenvalue weighted by Crippen LogP contribution is -2.71. The van der Waals surface area contributed by atoms with E-state index in [-0.39, 0.29) is 23.6 Å². The van der Waals surface area contributed by atoms with Crippen LogP contribution in [-0.4, -0.2) is 87.8 Å². The quantitative estimate of drug-likeness (QED) is 0.377. The Labute approximate surface area is 212 Å². The van der Waals surface area contributed by atoms with E-state index in [2.05, 4.69) is 5.32 Å². The number of rotatable bonds is 6. The number of aliphatic carboxylic acids is 1. The number of nitrogens with one attached hydrogen (secondary N) is 1. The summed E-state index contributed by atoms with van der Waals surface area (Å²) in [6.45, 7) is 8.11. The fourth-order valence-electron chi connectivity index (χ4n) is 4.61. The summed E-state index contributed by atoms with van der Waals surface area (Å²) in [5, 5.41) is 21.8. The number of hydrogen-bond donors (Lipinski definition) is 3. The Balaban J connectivity index is 1.57. The van der Waals surface area contributed by atoms with Crippen LogP contribution in [0, 0.1) is 0 Å². The molecule has 2 amide bonds. The van der Waals surface area contributed by atoms with Crippen molar-refractivity contribution in [2.24, 2.45) is 0 Å². The first kappa shape index (κ1) is 25.1. The Morgan fingerprint density at radius 2 is 1.88 bits per heavy atom. The standard InChI is InChI=1S/C22H28N4O5S3/c1-11(2)25-9-24(10-33-21(25)32)15(12-5-7-13(27)8-6-12)17(28)23-14-18(29)26-16(20(30)31)22(3,4)34-19(14)26/h5-8,11,14-16,19,27H,9-10H2,1-4H3,(H,23,28)(H,30,31)/t14-,15+,16+,19+/m0/s1. The number of aromatic hydroxyl groups is 1. The van der Waals surface area contributed by atoms with Crippen molar-refractivity contribution in [1.29, 1.82) is 0 Å². The lowest BCUT2D eigenvalue weighted by atomic mass is 9.95. The van der Waals surface area contributed by atoms with Crippen molar-refractivity contribution in [3.63, 3.8) is 0 Å². The molecular weight excluding hydrogens is 496 g/mol. The van der Waals surface area contributed by atoms with Gasteiger partial charge in [0.25, 0.3) is 0 Å². The molecule has 0 saturated carbocycles. The van der Waals surface area contributed by atoms with E-state index < -0.39 is 34.2 Å². The number of carboxylic acids is 1. The molecule has 3 N–H and O–H groups in total. The molecule has 3 aliphatic heterocycles. The van der Waals surface area contributed by atoms with Crippen LogP contribution in [0.2, 0.25) is 0 Å². The van der Waals surface area contributed by atoms with Crippen LogP contribution in [0.4, 0.5) is 0 Å². The third kappa shape index (κ3) is 4.36. The molecule has 0 aromatic heterocycles. The van der Waals surface area contributed by atoms with Gasteiger partial charge in [-0.2, -0.15) is 0 Å². The van der Waals surface area contributed by atoms with Gasteiger partial charge in [0.1, 0.15) is 33.6 Å². The number of β-lactam (4-membered cyclic amide) rings is 1. The molecule has 3 saturated heterocycles. The second kappa shape index (κ2) is 9.21. The highest BCUT2D eigenvalue weighted by atomic mass is 32.2. The maximum absolute atomic E-state index is 13.6. The molecule has 0 unspecified atom stereocenters. The number of carbonyl (C=O) groups is 3. The third-order valence-electron chi connectivity index (χ3n) is 6.34. The van der Waals surface area contributed by atoms with Crippen LogP contribution < -0.4 is 5.32 Å². The summed E-state index contributed by atoms with van der Waals surface area (Å²) in [6.07, 6.45) is 0. The summed E-state index contributed by atoms with van der Waals surface area (Å²) in [6, 6.07) is 4.16. The SMILES string of the molecule is CC(C)N1CN([C@@H](C(=O)N[C@H]2C(=O)N3[C@@H]2SC(C)(C)[C@H]3C(=O)O)c2ccc(O)cc2)CSC1=S. The van der Waals surface area contributed by atoms with Crippen molar-refractivity contribution in [3.8, 4) is 5.75 Å². The molecule has 34 heavy (non-hydrogen) atoms. The van der Waals surface area contributed by atoms with Gasteiger partial charge in [0.05, 0.1) is 12.5 Å². The Morgan fingerprint density at radius 3 is 2.47 bits per heavy atom. The minimum Gasteiger partial charge on any atom is -0.508 e. The molecule has 1 aromatic rings. The zero-order valence-corrected chi connectivity index (χ0v) is 21.7. The van der Waals surface area contributed by atoms with Crippen molar-refractivity contribution in [1.82, 2.24) is 20.0 Å². The predicted octanol–water partition coefficient (Wildman–Crippen LogP) is 2.02. The summed E-state index contributed by atoms with van der Waals surface area (Å²) in [4.78, 5) is 43.7. The van der Waals surface area contributed by atoms with Crippen LogP contribution in [0.3, 0.4) is 0 Å². The van der Waals surface area contributed by atoms with E-state index in [0.29, 0.717) is 18.1 Å². The lowest BCUT2D eigenvalue weighted by molar-refractivity contribution is -0.161. The average Bonchev–Trinajstić information content (AvgIpc) is 3.02. The van der Waals surface area contributed by atoms with E-state index in [4.69, 9.17) is 12.2 Å². The summed E-state index contributed by atoms with van der Waals surface area (Å²) >= 11 is 8.35. The molecule has 0 radical (unpaired) electrons. The molecule has 3 aliphatic rings. The van der Waals surface area contributed by atoms with Gasteiger partial charge in [0.2, 0.25) is 11.8 Å². The van der Waals surface area contributed by atoms with Crippen LogP contribution in [0.25, 0.3) is 0 Å². The first-order valence-corrected chi connectivity index (χ1v) is 13.2. The maximum atomic E-state index is 13.6. The number of thioether (sulfide) groups is 2. The minimum atomic E-state index is -1.05. The number of phenolic OH excluding ortho intramolecular Hbond substituents is 1. The number of fused-ring (bicyclic) bond motifs is 1. The summed E-state index contributed by atoms with van der Waals surface area (Å²) < 4.78 is 0.101. The molecule has 1 aromatic carbocycles. The van der Waals surface area contributed by atoms with Gasteiger partial charge in [-0.1, -0.05) is 36.1 Å². The van der Waals surface area contributed by atoms with Crippen LogP contribution in [-0.2, 0) is 14.4 Å². The number of benzene rings is 1. The van der Waals surface area contributed by atoms with Gasteiger partial charge < -0.3 is 25.3 Å². The van der Waals surface area contributed by atoms with Crippen molar-refractivity contribution in [3.05, 3.63) is 29.8 Å². The summed E-state index contributed by atoms with van der Waals surface area (Å²) in [5.41, 5.74) is 0.680. The number of phenols is 1. The molecule has 0 aliphatic carbocycles. The van der Waals surface area contributed by atoms with E-state index in [1.807, 2.05) is 23.6 Å². The third-order valence-corrected chi connectivity index (χ3v) is 9.44. The summed E-state index contributed by atoms with van der Waals surface area (Å²) in [5.74, 6) is -1.19. The Bertz CT molecular complexity index is 1020. The van der Waals surface area contributed by atoms with Crippen molar-refractivity contribution in [2.45, 2.75) is 62.0 Å². The van der Waals surface area contributed by atoms with Crippen LogP contribution in [0.15, 0.2) is 24.3 Å². The van der Waals surface area contributed by atoms with Crippen LogP contribution in [0.1, 0.15) is 39.3 Å². The molecule has 4 rings (SSSR count). The fraction of sp³-hybridized carbons (Fsp3) is 0.545. The smallest absolute Gasteiger partial charge is 0.327 e. The van der Waals surface area contributed by atoms with Crippen LogP contribution in [0.5, 0.6) is 5.75 Å². The Hall–Kier alpha value is -2.02. The Kier molecular flexibility index (Phi) is 6.80. The molecular formula is C22H28N4O5S3. The minimum absolute atomic E-state index is 0.0926. The summed E-state index contributed by atoms with van der Waals surface area (Å²) in [7, 11) is 0. The fourth-order valence-corrected chi connectivity index (χ4v) is 7.60. The van der Waals surface area contributed by atoms with E-state index in [9.17, 15) is 24.6 Å². The van der Waals surface area contributed by atoms with Gasteiger partial charge >= 0.3 is 5.97 Å². The van der Waals surface area contributed by atoms with Gasteiger partial charge in [0.15, 0.2) is 0 Å². The highest BCUT2D eigenvalue weighted by Gasteiger charge is 2.64. The topological polar surface area (TPSA) is 113 Å². The zero-order chi connectivity index (χ0) is 24.9. The van der Waals surface area contributed by atoms with Crippen molar-refractivity contribution in [2.75, 3.05) is 12.5 Å². The Morgan fingerprint density at radius 1 is 1.24 bits per heavy atom. The first-order valence-electron chi connectivity index (χ1n) is 10.9. The number of thiocarbonyl (C=S) groups is 1. The van der Waals surface area contributed by atoms with Gasteiger partial charge in [-0.05, 0) is 45.4 Å². The second-order valence-corrected chi connectivity index (χ2v) is 12.8. The largest absolute Gasteiger partial charge is 0.508 e. The van der Waals surface area contributed by atoms with E-state index >= 15 is 0 Å². The zero-order valence-electron chi connectivity index (χ0n) is 19.3. The molecule has 3 fully saturated rings. The predicted molar refractivity (Wildman–Crippen MR) is 135 cm³/mol. The number of amides is 2. The average molecular weight is 525 g/mol. The number of carboxylic acid groups (broad SMARTS) is 1. The lowest BCUT2D eigenvalue weighted by Gasteiger charge is -2.45. The number of nitrogens with zero attached hydrogens (tertiary/aromatic N) is 3. The second-order valence-electron chi connectivity index (χ2n) is 9.41. The van der Waals surface area contributed by atoms with Gasteiger partial charge in [-0.25, -0.2) is 4.79 Å². The highest BCUT2D eigenvalue weighted by molar-refractivity contribution is 8.22. The maximum Gasteiger partial charge on any atom is 0.327 e. The monoisotopic (exact) mass is 524 g/mol. The van der Waals surface area contributed by atoms with E-state index in [0.717, 1.165) is 4.32 Å². The number of carbonyl (C=O) groups excluding carboxylic acids is 2. The molecule has 0 spiro atoms. The molecule has 184 valence electrons. The van der Waals surface area contributed by atoms with E-state index in [1.165, 1.54) is 40.6 Å². The van der Waals surface area contributed by atoms with E-state index in [1.54, 1.807) is 26.0 Å². The first-order chi connectivity index (χ1) is 15.9. The van der Waals surface area contributed by atoms with Crippen LogP contribution >= 0.6 is 35.7 Å². The molecule has 12 heteroatoms. The van der Waals surface area contributed by atoms with Gasteiger partial charge in [-0.15, -0.1) is 11.8 Å². The molecule has 3 heterocycles. The van der Waals surface area contributed by atoms with Gasteiger partial charge in [0, 0.05) is 10.8 Å². The molecule has 4 atom stereocenters. The van der Waals surface area contributed by atoms with Gasteiger partial charge in [-0.3, -0.25) is 14.5 Å². The number of hydrogen-bond acceptors (Lipinski definition) is 8. The molecule has 0 bridgehead atoms. The van der Waals surface area contributed by atoms with Crippen molar-refractivity contribution < 1.29 is 24.6 Å². The normalized spacial score (nSPS) is 27.4. The van der Waals surface area contributed by atoms with Crippen molar-refractivity contribution >= 4 is 57.8 Å². The molecule has 9 nitrogen and oxygen atoms in total. The highest BCUT2D eigenvalue weighted by Crippen LogP contribution is 2.51.